The first-order valence-corrected chi connectivity index (χ1v) is 6.98. The van der Waals surface area contributed by atoms with Crippen LogP contribution >= 0.6 is 11.6 Å². The number of amides is 1. The van der Waals surface area contributed by atoms with Crippen molar-refractivity contribution in [2.45, 2.75) is 19.8 Å². The second-order valence-corrected chi connectivity index (χ2v) is 4.69. The summed E-state index contributed by atoms with van der Waals surface area (Å²) >= 11 is 5.98. The number of nitrogens with one attached hydrogen (secondary N) is 2. The number of carbonyl (C=O) groups excluding carboxylic acids is 1. The Morgan fingerprint density at radius 2 is 2.29 bits per heavy atom. The van der Waals surface area contributed by atoms with Crippen molar-refractivity contribution in [3.05, 3.63) is 35.0 Å². The summed E-state index contributed by atoms with van der Waals surface area (Å²) in [5, 5.41) is 14.9. The van der Waals surface area contributed by atoms with Crippen LogP contribution in [0.25, 0.3) is 0 Å². The minimum Gasteiger partial charge on any atom is -0.495 e. The highest BCUT2D eigenvalue weighted by Gasteiger charge is 2.10. The van der Waals surface area contributed by atoms with Crippen LogP contribution in [0.15, 0.2) is 30.0 Å². The Morgan fingerprint density at radius 3 is 2.86 bits per heavy atom. The number of hydrogen-bond acceptors (Lipinski definition) is 4. The number of methoxy groups -OCH3 is 1. The van der Waals surface area contributed by atoms with E-state index in [0.29, 0.717) is 16.5 Å². The summed E-state index contributed by atoms with van der Waals surface area (Å²) in [4.78, 5) is 12.0. The Balaban J connectivity index is 2.70. The van der Waals surface area contributed by atoms with E-state index in [1.165, 1.54) is 13.3 Å². The monoisotopic (exact) mass is 307 g/mol. The highest BCUT2D eigenvalue weighted by molar-refractivity contribution is 6.32. The van der Waals surface area contributed by atoms with Gasteiger partial charge in [-0.1, -0.05) is 24.9 Å². The topological polar surface area (TPSA) is 74.2 Å². The summed E-state index contributed by atoms with van der Waals surface area (Å²) in [6.45, 7) is 2.79. The Kier molecular flexibility index (Phi) is 7.13. The zero-order valence-corrected chi connectivity index (χ0v) is 12.8. The average Bonchev–Trinajstić information content (AvgIpc) is 2.47. The summed E-state index contributed by atoms with van der Waals surface area (Å²) in [7, 11) is 1.51. The Hall–Kier alpha value is -2.19. The molecule has 112 valence electrons. The molecule has 0 atom stereocenters. The van der Waals surface area contributed by atoms with Crippen molar-refractivity contribution in [1.29, 1.82) is 5.26 Å². The van der Waals surface area contributed by atoms with Crippen molar-refractivity contribution in [1.82, 2.24) is 5.32 Å². The maximum atomic E-state index is 12.0. The Bertz CT molecular complexity index is 565. The molecule has 0 aromatic heterocycles. The van der Waals surface area contributed by atoms with Crippen LogP contribution in [0.4, 0.5) is 5.69 Å². The summed E-state index contributed by atoms with van der Waals surface area (Å²) in [6, 6.07) is 6.73. The van der Waals surface area contributed by atoms with E-state index in [1.54, 1.807) is 18.2 Å². The minimum atomic E-state index is -0.484. The van der Waals surface area contributed by atoms with Crippen LogP contribution in [-0.2, 0) is 4.79 Å². The van der Waals surface area contributed by atoms with Crippen molar-refractivity contribution in [3.8, 4) is 11.8 Å². The quantitative estimate of drug-likeness (QED) is 0.461. The van der Waals surface area contributed by atoms with Gasteiger partial charge in [-0.2, -0.15) is 5.26 Å². The molecule has 1 aromatic carbocycles. The van der Waals surface area contributed by atoms with Gasteiger partial charge in [-0.15, -0.1) is 0 Å². The molecule has 0 fully saturated rings. The lowest BCUT2D eigenvalue weighted by Crippen LogP contribution is -2.17. The molecule has 0 aliphatic carbocycles. The van der Waals surface area contributed by atoms with Crippen LogP contribution in [0.5, 0.6) is 5.75 Å². The van der Waals surface area contributed by atoms with Gasteiger partial charge in [-0.25, -0.2) is 0 Å². The van der Waals surface area contributed by atoms with Crippen LogP contribution in [0.3, 0.4) is 0 Å². The van der Waals surface area contributed by atoms with Gasteiger partial charge in [0.15, 0.2) is 0 Å². The van der Waals surface area contributed by atoms with E-state index in [9.17, 15) is 4.79 Å². The van der Waals surface area contributed by atoms with Gasteiger partial charge < -0.3 is 15.4 Å². The third-order valence-corrected chi connectivity index (χ3v) is 2.99. The molecular weight excluding hydrogens is 290 g/mol. The van der Waals surface area contributed by atoms with Crippen molar-refractivity contribution in [3.63, 3.8) is 0 Å². The van der Waals surface area contributed by atoms with E-state index in [2.05, 4.69) is 17.6 Å². The molecular formula is C15H18ClN3O2. The van der Waals surface area contributed by atoms with Gasteiger partial charge in [-0.05, 0) is 24.6 Å². The number of benzene rings is 1. The smallest absolute Gasteiger partial charge is 0.267 e. The third-order valence-electron chi connectivity index (χ3n) is 2.70. The predicted molar refractivity (Wildman–Crippen MR) is 83.2 cm³/mol. The van der Waals surface area contributed by atoms with Gasteiger partial charge >= 0.3 is 0 Å². The van der Waals surface area contributed by atoms with Crippen LogP contribution < -0.4 is 15.4 Å². The molecule has 2 N–H and O–H groups in total. The highest BCUT2D eigenvalue weighted by atomic mass is 35.5. The van der Waals surface area contributed by atoms with E-state index < -0.39 is 5.91 Å². The molecule has 1 amide bonds. The van der Waals surface area contributed by atoms with E-state index in [-0.39, 0.29) is 5.57 Å². The Morgan fingerprint density at radius 1 is 1.52 bits per heavy atom. The number of carbonyl (C=O) groups is 1. The summed E-state index contributed by atoms with van der Waals surface area (Å²) in [5.41, 5.74) is 0.513. The van der Waals surface area contributed by atoms with Crippen molar-refractivity contribution >= 4 is 23.2 Å². The largest absolute Gasteiger partial charge is 0.495 e. The van der Waals surface area contributed by atoms with E-state index >= 15 is 0 Å². The van der Waals surface area contributed by atoms with Gasteiger partial charge in [0.1, 0.15) is 17.4 Å². The number of nitrogens with zero attached hydrogens (tertiary/aromatic N) is 1. The second kappa shape index (κ2) is 8.88. The maximum Gasteiger partial charge on any atom is 0.267 e. The van der Waals surface area contributed by atoms with Crippen LogP contribution in [0.1, 0.15) is 19.8 Å². The summed E-state index contributed by atoms with van der Waals surface area (Å²) in [5.74, 6) is 0.0367. The fraction of sp³-hybridized carbons (Fsp3) is 0.333. The average molecular weight is 308 g/mol. The van der Waals surface area contributed by atoms with Gasteiger partial charge in [0.25, 0.3) is 5.91 Å². The molecule has 0 heterocycles. The highest BCUT2D eigenvalue weighted by Crippen LogP contribution is 2.27. The van der Waals surface area contributed by atoms with E-state index in [4.69, 9.17) is 21.6 Å². The lowest BCUT2D eigenvalue weighted by atomic mass is 10.2. The van der Waals surface area contributed by atoms with Crippen LogP contribution in [0, 0.1) is 11.3 Å². The molecule has 1 aromatic rings. The van der Waals surface area contributed by atoms with Crippen molar-refractivity contribution < 1.29 is 9.53 Å². The molecule has 0 spiro atoms. The first-order chi connectivity index (χ1) is 10.1. The molecule has 0 radical (unpaired) electrons. The predicted octanol–water partition coefficient (Wildman–Crippen LogP) is 3.08. The molecule has 6 heteroatoms. The molecule has 0 bridgehead atoms. The second-order valence-electron chi connectivity index (χ2n) is 4.28. The Labute approximate surface area is 129 Å². The lowest BCUT2D eigenvalue weighted by Gasteiger charge is -2.07. The molecule has 0 saturated carbocycles. The van der Waals surface area contributed by atoms with Crippen LogP contribution in [-0.4, -0.2) is 19.6 Å². The fourth-order valence-electron chi connectivity index (χ4n) is 1.54. The van der Waals surface area contributed by atoms with Crippen molar-refractivity contribution in [2.75, 3.05) is 19.0 Å². The normalized spacial score (nSPS) is 10.7. The van der Waals surface area contributed by atoms with Gasteiger partial charge in [0.05, 0.1) is 12.1 Å². The zero-order chi connectivity index (χ0) is 15.7. The summed E-state index contributed by atoms with van der Waals surface area (Å²) < 4.78 is 5.03. The third kappa shape index (κ3) is 5.36. The van der Waals surface area contributed by atoms with Gasteiger partial charge in [0.2, 0.25) is 0 Å². The fourth-order valence-corrected chi connectivity index (χ4v) is 1.80. The number of ether oxygens (including phenoxy) is 1. The maximum absolute atomic E-state index is 12.0. The molecule has 21 heavy (non-hydrogen) atoms. The first-order valence-electron chi connectivity index (χ1n) is 6.61. The zero-order valence-electron chi connectivity index (χ0n) is 12.1. The van der Waals surface area contributed by atoms with Crippen molar-refractivity contribution in [2.24, 2.45) is 0 Å². The lowest BCUT2D eigenvalue weighted by molar-refractivity contribution is -0.112. The first kappa shape index (κ1) is 16.9. The number of rotatable bonds is 7. The number of nitriles is 1. The summed E-state index contributed by atoms with van der Waals surface area (Å²) in [6.07, 6.45) is 3.44. The number of halogens is 1. The standard InChI is InChI=1S/C15H18ClN3O2/c1-3-4-7-18-10-11(9-17)15(20)19-12-5-6-14(21-2)13(16)8-12/h5-6,8,10,18H,3-4,7H2,1-2H3,(H,19,20)/b11-10-. The number of hydrogen-bond donors (Lipinski definition) is 2. The van der Waals surface area contributed by atoms with Gasteiger partial charge in [-0.3, -0.25) is 4.79 Å². The molecule has 0 aliphatic heterocycles. The molecule has 0 aliphatic rings. The van der Waals surface area contributed by atoms with E-state index in [1.807, 2.05) is 6.07 Å². The number of unbranched alkanes of at least 4 members (excludes halogenated alkanes) is 1. The minimum absolute atomic E-state index is 0.0121. The molecule has 0 unspecified atom stereocenters. The number of anilines is 1. The molecule has 0 saturated heterocycles. The molecule has 5 nitrogen and oxygen atoms in total. The molecule has 1 rings (SSSR count). The van der Waals surface area contributed by atoms with Crippen LogP contribution in [0.2, 0.25) is 5.02 Å². The van der Waals surface area contributed by atoms with E-state index in [0.717, 1.165) is 19.4 Å². The SMILES string of the molecule is CCCCN/C=C(/C#N)C(=O)Nc1ccc(OC)c(Cl)c1. The van der Waals surface area contributed by atoms with Gasteiger partial charge in [0, 0.05) is 18.4 Å².